The van der Waals surface area contributed by atoms with Crippen LogP contribution < -0.4 is 0 Å². The highest BCUT2D eigenvalue weighted by molar-refractivity contribution is 5.76. The monoisotopic (exact) mass is 261 g/mol. The van der Waals surface area contributed by atoms with Crippen molar-refractivity contribution in [2.45, 2.75) is 38.7 Å². The number of aliphatic hydroxyl groups is 1. The van der Waals surface area contributed by atoms with Gasteiger partial charge in [-0.25, -0.2) is 0 Å². The van der Waals surface area contributed by atoms with Crippen LogP contribution in [0.15, 0.2) is 30.3 Å². The first-order valence-electron chi connectivity index (χ1n) is 7.16. The van der Waals surface area contributed by atoms with Crippen molar-refractivity contribution < 1.29 is 9.90 Å². The molecule has 1 aliphatic rings. The number of aryl methyl sites for hydroxylation is 1. The molecular formula is C16H23NO2. The highest BCUT2D eigenvalue weighted by Crippen LogP contribution is 2.18. The molecule has 1 N–H and O–H groups in total. The summed E-state index contributed by atoms with van der Waals surface area (Å²) in [5.74, 6) is 0.496. The van der Waals surface area contributed by atoms with Gasteiger partial charge < -0.3 is 10.0 Å². The summed E-state index contributed by atoms with van der Waals surface area (Å²) in [6.45, 7) is 3.34. The van der Waals surface area contributed by atoms with Gasteiger partial charge in [-0.15, -0.1) is 0 Å². The van der Waals surface area contributed by atoms with Crippen LogP contribution in [0, 0.1) is 5.92 Å². The summed E-state index contributed by atoms with van der Waals surface area (Å²) in [7, 11) is 0. The van der Waals surface area contributed by atoms with Crippen LogP contribution in [0.4, 0.5) is 0 Å². The number of hydrogen-bond donors (Lipinski definition) is 1. The highest BCUT2D eigenvalue weighted by atomic mass is 16.3. The maximum absolute atomic E-state index is 12.1. The first kappa shape index (κ1) is 14.1. The summed E-state index contributed by atoms with van der Waals surface area (Å²) < 4.78 is 0. The van der Waals surface area contributed by atoms with Crippen molar-refractivity contribution >= 4 is 5.91 Å². The molecule has 1 heterocycles. The topological polar surface area (TPSA) is 40.5 Å². The molecule has 0 radical (unpaired) electrons. The Bertz CT molecular complexity index is 404. The predicted molar refractivity (Wildman–Crippen MR) is 75.7 cm³/mol. The largest absolute Gasteiger partial charge is 0.391 e. The number of rotatable bonds is 4. The van der Waals surface area contributed by atoms with E-state index in [1.54, 1.807) is 0 Å². The smallest absolute Gasteiger partial charge is 0.222 e. The second kappa shape index (κ2) is 6.71. The molecule has 0 spiro atoms. The Balaban J connectivity index is 1.73. The van der Waals surface area contributed by atoms with Crippen molar-refractivity contribution in [3.8, 4) is 0 Å². The van der Waals surface area contributed by atoms with Crippen LogP contribution in [0.5, 0.6) is 0 Å². The lowest BCUT2D eigenvalue weighted by Gasteiger charge is -2.34. The third-order valence-corrected chi connectivity index (χ3v) is 3.97. The van der Waals surface area contributed by atoms with Gasteiger partial charge in [-0.05, 0) is 30.7 Å². The Morgan fingerprint density at radius 1 is 1.37 bits per heavy atom. The lowest BCUT2D eigenvalue weighted by Crippen LogP contribution is -2.45. The van der Waals surface area contributed by atoms with Crippen LogP contribution in [0.2, 0.25) is 0 Å². The number of benzene rings is 1. The van der Waals surface area contributed by atoms with E-state index < -0.39 is 0 Å². The molecule has 1 amide bonds. The Kier molecular flexibility index (Phi) is 4.97. The molecular weight excluding hydrogens is 238 g/mol. The SMILES string of the molecule is CC1CCN(C(=O)CCCc2ccccc2)CC1O. The number of hydrogen-bond acceptors (Lipinski definition) is 2. The third-order valence-electron chi connectivity index (χ3n) is 3.97. The van der Waals surface area contributed by atoms with Gasteiger partial charge in [-0.3, -0.25) is 4.79 Å². The van der Waals surface area contributed by atoms with Crippen LogP contribution in [0.1, 0.15) is 31.7 Å². The second-order valence-electron chi connectivity index (χ2n) is 5.51. The fourth-order valence-electron chi connectivity index (χ4n) is 2.52. The minimum atomic E-state index is -0.355. The van der Waals surface area contributed by atoms with E-state index >= 15 is 0 Å². The molecule has 1 aromatic carbocycles. The molecule has 0 saturated carbocycles. The predicted octanol–water partition coefficient (Wildman–Crippen LogP) is 2.24. The zero-order valence-electron chi connectivity index (χ0n) is 11.6. The number of nitrogens with zero attached hydrogens (tertiary/aromatic N) is 1. The average Bonchev–Trinajstić information content (AvgIpc) is 2.43. The van der Waals surface area contributed by atoms with E-state index in [9.17, 15) is 9.90 Å². The molecule has 1 fully saturated rings. The third kappa shape index (κ3) is 4.06. The summed E-state index contributed by atoms with van der Waals surface area (Å²) in [6.07, 6.45) is 2.96. The zero-order valence-corrected chi connectivity index (χ0v) is 11.6. The normalized spacial score (nSPS) is 23.4. The first-order chi connectivity index (χ1) is 9.16. The fourth-order valence-corrected chi connectivity index (χ4v) is 2.52. The van der Waals surface area contributed by atoms with Crippen molar-refractivity contribution in [1.82, 2.24) is 4.90 Å². The van der Waals surface area contributed by atoms with E-state index in [-0.39, 0.29) is 12.0 Å². The minimum absolute atomic E-state index is 0.182. The van der Waals surface area contributed by atoms with Gasteiger partial charge in [0.2, 0.25) is 5.91 Å². The molecule has 2 unspecified atom stereocenters. The summed E-state index contributed by atoms with van der Waals surface area (Å²) >= 11 is 0. The molecule has 104 valence electrons. The maximum atomic E-state index is 12.1. The van der Waals surface area contributed by atoms with Gasteiger partial charge in [0.05, 0.1) is 6.10 Å². The van der Waals surface area contributed by atoms with E-state index in [0.717, 1.165) is 25.8 Å². The number of likely N-dealkylation sites (tertiary alicyclic amines) is 1. The Morgan fingerprint density at radius 3 is 2.79 bits per heavy atom. The molecule has 3 heteroatoms. The van der Waals surface area contributed by atoms with Gasteiger partial charge in [0, 0.05) is 19.5 Å². The molecule has 0 aliphatic carbocycles. The summed E-state index contributed by atoms with van der Waals surface area (Å²) in [5, 5.41) is 9.81. The van der Waals surface area contributed by atoms with Gasteiger partial charge >= 0.3 is 0 Å². The molecule has 1 saturated heterocycles. The van der Waals surface area contributed by atoms with E-state index in [1.807, 2.05) is 30.0 Å². The van der Waals surface area contributed by atoms with Crippen LogP contribution in [0.25, 0.3) is 0 Å². The summed E-state index contributed by atoms with van der Waals surface area (Å²) in [4.78, 5) is 13.9. The molecule has 0 bridgehead atoms. The molecule has 2 rings (SSSR count). The molecule has 1 aliphatic heterocycles. The minimum Gasteiger partial charge on any atom is -0.391 e. The highest BCUT2D eigenvalue weighted by Gasteiger charge is 2.26. The van der Waals surface area contributed by atoms with E-state index in [1.165, 1.54) is 5.56 Å². The van der Waals surface area contributed by atoms with Crippen molar-refractivity contribution in [3.63, 3.8) is 0 Å². The summed E-state index contributed by atoms with van der Waals surface area (Å²) in [5.41, 5.74) is 1.28. The maximum Gasteiger partial charge on any atom is 0.222 e. The van der Waals surface area contributed by atoms with Crippen LogP contribution >= 0.6 is 0 Å². The van der Waals surface area contributed by atoms with E-state index in [0.29, 0.717) is 18.9 Å². The molecule has 3 nitrogen and oxygen atoms in total. The molecule has 0 aromatic heterocycles. The van der Waals surface area contributed by atoms with Crippen molar-refractivity contribution in [2.24, 2.45) is 5.92 Å². The van der Waals surface area contributed by atoms with Gasteiger partial charge in [0.1, 0.15) is 0 Å². The Labute approximate surface area is 115 Å². The standard InChI is InChI=1S/C16H23NO2/c1-13-10-11-17(12-15(13)18)16(19)9-5-8-14-6-3-2-4-7-14/h2-4,6-7,13,15,18H,5,8-12H2,1H3. The number of aliphatic hydroxyl groups excluding tert-OH is 1. The summed E-state index contributed by atoms with van der Waals surface area (Å²) in [6, 6.07) is 10.2. The number of β-amino-alcohol motifs (C(OH)–C–C–N with tert-alkyl or cyclic N) is 1. The van der Waals surface area contributed by atoms with E-state index in [2.05, 4.69) is 12.1 Å². The average molecular weight is 261 g/mol. The lowest BCUT2D eigenvalue weighted by atomic mass is 9.95. The van der Waals surface area contributed by atoms with Gasteiger partial charge in [-0.1, -0.05) is 37.3 Å². The Morgan fingerprint density at radius 2 is 2.11 bits per heavy atom. The zero-order chi connectivity index (χ0) is 13.7. The molecule has 2 atom stereocenters. The van der Waals surface area contributed by atoms with Crippen LogP contribution in [0.3, 0.4) is 0 Å². The lowest BCUT2D eigenvalue weighted by molar-refractivity contribution is -0.135. The van der Waals surface area contributed by atoms with E-state index in [4.69, 9.17) is 0 Å². The van der Waals surface area contributed by atoms with Gasteiger partial charge in [-0.2, -0.15) is 0 Å². The van der Waals surface area contributed by atoms with Crippen molar-refractivity contribution in [1.29, 1.82) is 0 Å². The van der Waals surface area contributed by atoms with Crippen LogP contribution in [-0.2, 0) is 11.2 Å². The second-order valence-corrected chi connectivity index (χ2v) is 5.51. The Hall–Kier alpha value is -1.35. The number of piperidine rings is 1. The number of carbonyl (C=O) groups excluding carboxylic acids is 1. The van der Waals surface area contributed by atoms with Gasteiger partial charge in [0.25, 0.3) is 0 Å². The van der Waals surface area contributed by atoms with Gasteiger partial charge in [0.15, 0.2) is 0 Å². The number of carbonyl (C=O) groups is 1. The number of amides is 1. The van der Waals surface area contributed by atoms with Crippen molar-refractivity contribution in [2.75, 3.05) is 13.1 Å². The quantitative estimate of drug-likeness (QED) is 0.903. The molecule has 1 aromatic rings. The van der Waals surface area contributed by atoms with Crippen molar-refractivity contribution in [3.05, 3.63) is 35.9 Å². The molecule has 19 heavy (non-hydrogen) atoms. The first-order valence-corrected chi connectivity index (χ1v) is 7.16. The van der Waals surface area contributed by atoms with Crippen LogP contribution in [-0.4, -0.2) is 35.1 Å². The fraction of sp³-hybridized carbons (Fsp3) is 0.562.